The van der Waals surface area contributed by atoms with E-state index in [1.807, 2.05) is 24.4 Å². The Bertz CT molecular complexity index is 772. The minimum absolute atomic E-state index is 0.969. The third-order valence-electron chi connectivity index (χ3n) is 3.26. The van der Waals surface area contributed by atoms with Crippen molar-refractivity contribution in [3.8, 4) is 0 Å². The van der Waals surface area contributed by atoms with Crippen molar-refractivity contribution in [2.75, 3.05) is 0 Å². The molecule has 1 aromatic heterocycles. The van der Waals surface area contributed by atoms with Gasteiger partial charge in [-0.2, -0.15) is 0 Å². The Labute approximate surface area is 123 Å². The SMILES string of the molecule is C=C(Sc1ccccc1C)c1nccc2ccccc12. The highest BCUT2D eigenvalue weighted by atomic mass is 32.2. The van der Waals surface area contributed by atoms with E-state index in [-0.39, 0.29) is 0 Å². The van der Waals surface area contributed by atoms with Crippen LogP contribution in [0.15, 0.2) is 72.3 Å². The fourth-order valence-corrected chi connectivity index (χ4v) is 3.09. The van der Waals surface area contributed by atoms with Crippen LogP contribution < -0.4 is 0 Å². The number of aromatic nitrogens is 1. The first-order valence-corrected chi connectivity index (χ1v) is 7.34. The Balaban J connectivity index is 1.99. The third-order valence-corrected chi connectivity index (χ3v) is 4.38. The third kappa shape index (κ3) is 2.47. The Morgan fingerprint density at radius 1 is 1.00 bits per heavy atom. The fourth-order valence-electron chi connectivity index (χ4n) is 2.19. The average molecular weight is 277 g/mol. The molecule has 0 amide bonds. The van der Waals surface area contributed by atoms with Crippen molar-refractivity contribution in [2.45, 2.75) is 11.8 Å². The number of thioether (sulfide) groups is 1. The van der Waals surface area contributed by atoms with E-state index in [9.17, 15) is 0 Å². The first-order valence-electron chi connectivity index (χ1n) is 6.52. The van der Waals surface area contributed by atoms with Gasteiger partial charge in [-0.25, -0.2) is 0 Å². The summed E-state index contributed by atoms with van der Waals surface area (Å²) in [6.45, 7) is 6.33. The van der Waals surface area contributed by atoms with Gasteiger partial charge in [0.2, 0.25) is 0 Å². The van der Waals surface area contributed by atoms with Gasteiger partial charge in [-0.15, -0.1) is 0 Å². The van der Waals surface area contributed by atoms with Gasteiger partial charge < -0.3 is 0 Å². The summed E-state index contributed by atoms with van der Waals surface area (Å²) in [5.41, 5.74) is 2.23. The molecule has 0 saturated carbocycles. The summed E-state index contributed by atoms with van der Waals surface area (Å²) in [6.07, 6.45) is 1.85. The molecule has 0 aliphatic carbocycles. The molecule has 0 bridgehead atoms. The number of aryl methyl sites for hydroxylation is 1. The van der Waals surface area contributed by atoms with Gasteiger partial charge in [-0.3, -0.25) is 4.98 Å². The molecule has 0 atom stereocenters. The van der Waals surface area contributed by atoms with Crippen molar-refractivity contribution < 1.29 is 0 Å². The summed E-state index contributed by atoms with van der Waals surface area (Å²) in [4.78, 5) is 6.72. The van der Waals surface area contributed by atoms with Gasteiger partial charge in [0, 0.05) is 21.4 Å². The standard InChI is InChI=1S/C18H15NS/c1-13-7-3-6-10-17(13)20-14(2)18-16-9-5-4-8-15(16)11-12-19-18/h3-12H,2H2,1H3. The summed E-state index contributed by atoms with van der Waals surface area (Å²) in [5.74, 6) is 0. The largest absolute Gasteiger partial charge is 0.255 e. The fraction of sp³-hybridized carbons (Fsp3) is 0.0556. The van der Waals surface area contributed by atoms with E-state index >= 15 is 0 Å². The van der Waals surface area contributed by atoms with Crippen LogP contribution in [0.2, 0.25) is 0 Å². The molecule has 0 N–H and O–H groups in total. The predicted molar refractivity (Wildman–Crippen MR) is 87.8 cm³/mol. The molecule has 0 radical (unpaired) electrons. The topological polar surface area (TPSA) is 12.9 Å². The van der Waals surface area contributed by atoms with Crippen molar-refractivity contribution in [3.63, 3.8) is 0 Å². The molecule has 0 aliphatic rings. The average Bonchev–Trinajstić information content (AvgIpc) is 2.49. The molecule has 0 spiro atoms. The molecule has 0 unspecified atom stereocenters. The maximum atomic E-state index is 4.51. The lowest BCUT2D eigenvalue weighted by Crippen LogP contribution is -1.88. The first-order chi connectivity index (χ1) is 9.75. The van der Waals surface area contributed by atoms with Crippen LogP contribution in [-0.4, -0.2) is 4.98 Å². The van der Waals surface area contributed by atoms with Crippen molar-refractivity contribution in [2.24, 2.45) is 0 Å². The first kappa shape index (κ1) is 12.9. The number of pyridine rings is 1. The lowest BCUT2D eigenvalue weighted by atomic mass is 10.1. The minimum Gasteiger partial charge on any atom is -0.255 e. The molecular formula is C18H15NS. The highest BCUT2D eigenvalue weighted by molar-refractivity contribution is 8.08. The molecule has 0 fully saturated rings. The lowest BCUT2D eigenvalue weighted by Gasteiger charge is -2.09. The zero-order valence-corrected chi connectivity index (χ0v) is 12.2. The maximum Gasteiger partial charge on any atom is 0.0841 e. The predicted octanol–water partition coefficient (Wildman–Crippen LogP) is 5.31. The van der Waals surface area contributed by atoms with Gasteiger partial charge in [0.1, 0.15) is 0 Å². The molecule has 1 nitrogen and oxygen atoms in total. The highest BCUT2D eigenvalue weighted by Gasteiger charge is 2.08. The molecule has 2 aromatic carbocycles. The summed E-state index contributed by atoms with van der Waals surface area (Å²) >= 11 is 1.68. The molecule has 20 heavy (non-hydrogen) atoms. The number of rotatable bonds is 3. The maximum absolute atomic E-state index is 4.51. The molecule has 3 aromatic rings. The minimum atomic E-state index is 0.969. The van der Waals surface area contributed by atoms with E-state index in [0.29, 0.717) is 0 Å². The van der Waals surface area contributed by atoms with Crippen molar-refractivity contribution in [1.29, 1.82) is 0 Å². The zero-order chi connectivity index (χ0) is 13.9. The Morgan fingerprint density at radius 3 is 2.60 bits per heavy atom. The summed E-state index contributed by atoms with van der Waals surface area (Å²) in [7, 11) is 0. The second-order valence-electron chi connectivity index (χ2n) is 4.67. The van der Waals surface area contributed by atoms with Crippen molar-refractivity contribution in [1.82, 2.24) is 4.98 Å². The van der Waals surface area contributed by atoms with Crippen molar-refractivity contribution in [3.05, 3.63) is 78.6 Å². The highest BCUT2D eigenvalue weighted by Crippen LogP contribution is 2.36. The lowest BCUT2D eigenvalue weighted by molar-refractivity contribution is 1.30. The Hall–Kier alpha value is -2.06. The second-order valence-corrected chi connectivity index (χ2v) is 5.81. The number of benzene rings is 2. The second kappa shape index (κ2) is 5.51. The van der Waals surface area contributed by atoms with Crippen LogP contribution >= 0.6 is 11.8 Å². The summed E-state index contributed by atoms with van der Waals surface area (Å²) in [6, 6.07) is 18.7. The molecule has 0 aliphatic heterocycles. The quantitative estimate of drug-likeness (QED) is 0.602. The number of nitrogens with zero attached hydrogens (tertiary/aromatic N) is 1. The van der Waals surface area contributed by atoms with E-state index in [1.165, 1.54) is 15.8 Å². The zero-order valence-electron chi connectivity index (χ0n) is 11.3. The van der Waals surface area contributed by atoms with Gasteiger partial charge in [-0.1, -0.05) is 60.8 Å². The van der Waals surface area contributed by atoms with Crippen molar-refractivity contribution >= 4 is 27.4 Å². The van der Waals surface area contributed by atoms with E-state index < -0.39 is 0 Å². The number of hydrogen-bond donors (Lipinski definition) is 0. The number of hydrogen-bond acceptors (Lipinski definition) is 2. The van der Waals surface area contributed by atoms with Gasteiger partial charge in [0.25, 0.3) is 0 Å². The van der Waals surface area contributed by atoms with E-state index in [0.717, 1.165) is 16.0 Å². The number of fused-ring (bicyclic) bond motifs is 1. The van der Waals surface area contributed by atoms with Gasteiger partial charge in [-0.05, 0) is 30.0 Å². The van der Waals surface area contributed by atoms with Crippen LogP contribution in [0.3, 0.4) is 0 Å². The van der Waals surface area contributed by atoms with Gasteiger partial charge >= 0.3 is 0 Å². The van der Waals surface area contributed by atoms with E-state index in [4.69, 9.17) is 0 Å². The van der Waals surface area contributed by atoms with Crippen LogP contribution in [0, 0.1) is 6.92 Å². The molecule has 0 saturated heterocycles. The van der Waals surface area contributed by atoms with Crippen LogP contribution in [0.1, 0.15) is 11.3 Å². The smallest absolute Gasteiger partial charge is 0.0841 e. The van der Waals surface area contributed by atoms with Gasteiger partial charge in [0.05, 0.1) is 5.69 Å². The van der Waals surface area contributed by atoms with Crippen LogP contribution in [0.5, 0.6) is 0 Å². The van der Waals surface area contributed by atoms with E-state index in [1.54, 1.807) is 11.8 Å². The molecule has 98 valence electrons. The summed E-state index contributed by atoms with van der Waals surface area (Å²) < 4.78 is 0. The molecule has 1 heterocycles. The Kier molecular flexibility index (Phi) is 3.57. The van der Waals surface area contributed by atoms with E-state index in [2.05, 4.69) is 54.9 Å². The molecular weight excluding hydrogens is 262 g/mol. The van der Waals surface area contributed by atoms with Crippen LogP contribution in [0.25, 0.3) is 15.7 Å². The normalized spacial score (nSPS) is 10.7. The molecule has 2 heteroatoms. The van der Waals surface area contributed by atoms with Crippen LogP contribution in [0.4, 0.5) is 0 Å². The summed E-state index contributed by atoms with van der Waals surface area (Å²) in [5, 5.41) is 2.35. The molecule has 3 rings (SSSR count). The Morgan fingerprint density at radius 2 is 1.75 bits per heavy atom. The monoisotopic (exact) mass is 277 g/mol. The van der Waals surface area contributed by atoms with Gasteiger partial charge in [0.15, 0.2) is 0 Å². The van der Waals surface area contributed by atoms with Crippen LogP contribution in [-0.2, 0) is 0 Å².